The number of thiophene rings is 1. The van der Waals surface area contributed by atoms with Gasteiger partial charge in [0.15, 0.2) is 0 Å². The smallest absolute Gasteiger partial charge is 0.341 e. The van der Waals surface area contributed by atoms with Gasteiger partial charge in [0.1, 0.15) is 11.5 Å². The molecule has 1 N–H and O–H groups in total. The fraction of sp³-hybridized carbons (Fsp3) is 0.438. The normalized spacial score (nSPS) is 13.4. The molecule has 1 amide bonds. The lowest BCUT2D eigenvalue weighted by molar-refractivity contribution is -0.116. The van der Waals surface area contributed by atoms with Crippen LogP contribution in [0.15, 0.2) is 16.9 Å². The first-order valence-electron chi connectivity index (χ1n) is 7.88. The summed E-state index contributed by atoms with van der Waals surface area (Å²) < 4.78 is 7.54. The van der Waals surface area contributed by atoms with Gasteiger partial charge in [-0.25, -0.2) is 4.79 Å². The summed E-state index contributed by atoms with van der Waals surface area (Å²) in [5, 5.41) is 7.53. The van der Waals surface area contributed by atoms with Crippen molar-refractivity contribution < 1.29 is 14.3 Å². The second-order valence-corrected chi connectivity index (χ2v) is 7.56. The number of ether oxygens (including phenoxy) is 1. The predicted molar refractivity (Wildman–Crippen MR) is 95.5 cm³/mol. The third-order valence-electron chi connectivity index (χ3n) is 3.81. The Morgan fingerprint density at radius 2 is 2.21 bits per heavy atom. The number of nitrogens with zero attached hydrogens (tertiary/aromatic N) is 2. The van der Waals surface area contributed by atoms with E-state index in [1.54, 1.807) is 19.3 Å². The van der Waals surface area contributed by atoms with Crippen molar-refractivity contribution in [2.45, 2.75) is 39.2 Å². The van der Waals surface area contributed by atoms with Gasteiger partial charge in [0.25, 0.3) is 0 Å². The zero-order valence-electron chi connectivity index (χ0n) is 13.3. The van der Waals surface area contributed by atoms with Crippen molar-refractivity contribution in [1.82, 2.24) is 9.78 Å². The van der Waals surface area contributed by atoms with Crippen LogP contribution in [-0.2, 0) is 28.9 Å². The summed E-state index contributed by atoms with van der Waals surface area (Å²) in [5.74, 6) is -0.566. The molecule has 2 aromatic heterocycles. The van der Waals surface area contributed by atoms with E-state index in [0.717, 1.165) is 35.7 Å². The highest BCUT2D eigenvalue weighted by atomic mass is 79.9. The quantitative estimate of drug-likeness (QED) is 0.765. The highest BCUT2D eigenvalue weighted by Crippen LogP contribution is 2.38. The first kappa shape index (κ1) is 17.2. The molecular weight excluding hydrogens is 394 g/mol. The van der Waals surface area contributed by atoms with Gasteiger partial charge in [-0.15, -0.1) is 11.3 Å². The minimum atomic E-state index is -0.353. The van der Waals surface area contributed by atoms with E-state index in [0.29, 0.717) is 17.2 Å². The third-order valence-corrected chi connectivity index (χ3v) is 5.43. The molecule has 0 radical (unpaired) electrons. The van der Waals surface area contributed by atoms with Gasteiger partial charge in [0, 0.05) is 11.1 Å². The molecule has 2 aromatic rings. The summed E-state index contributed by atoms with van der Waals surface area (Å²) in [5.41, 5.74) is 1.58. The van der Waals surface area contributed by atoms with Gasteiger partial charge in [-0.3, -0.25) is 9.48 Å². The molecule has 1 aliphatic carbocycles. The van der Waals surface area contributed by atoms with E-state index in [1.807, 2.05) is 0 Å². The second-order valence-electron chi connectivity index (χ2n) is 5.54. The molecule has 0 atom stereocenters. The van der Waals surface area contributed by atoms with Crippen molar-refractivity contribution in [2.24, 2.45) is 0 Å². The largest absolute Gasteiger partial charge is 0.462 e. The molecule has 0 fully saturated rings. The lowest BCUT2D eigenvalue weighted by atomic mass is 9.95. The number of fused-ring (bicyclic) bond motifs is 1. The van der Waals surface area contributed by atoms with E-state index in [4.69, 9.17) is 4.74 Å². The van der Waals surface area contributed by atoms with Crippen LogP contribution in [0.5, 0.6) is 0 Å². The van der Waals surface area contributed by atoms with Crippen molar-refractivity contribution in [1.29, 1.82) is 0 Å². The number of carbonyl (C=O) groups excluding carboxylic acids is 2. The average Bonchev–Trinajstić information content (AvgIpc) is 3.10. The predicted octanol–water partition coefficient (Wildman–Crippen LogP) is 3.40. The van der Waals surface area contributed by atoms with Gasteiger partial charge < -0.3 is 10.1 Å². The Bertz CT molecular complexity index is 769. The summed E-state index contributed by atoms with van der Waals surface area (Å²) >= 11 is 4.79. The van der Waals surface area contributed by atoms with E-state index >= 15 is 0 Å². The molecule has 0 saturated heterocycles. The first-order valence-corrected chi connectivity index (χ1v) is 9.49. The minimum absolute atomic E-state index is 0.0937. The van der Waals surface area contributed by atoms with Gasteiger partial charge in [-0.2, -0.15) is 5.10 Å². The van der Waals surface area contributed by atoms with Crippen LogP contribution >= 0.6 is 27.3 Å². The Hall–Kier alpha value is -1.67. The zero-order chi connectivity index (χ0) is 17.1. The van der Waals surface area contributed by atoms with Crippen molar-refractivity contribution in [2.75, 3.05) is 11.9 Å². The molecular formula is C16H18BrN3O3S. The maximum absolute atomic E-state index is 12.4. The minimum Gasteiger partial charge on any atom is -0.462 e. The molecule has 3 rings (SSSR count). The number of esters is 1. The molecule has 0 aliphatic heterocycles. The Morgan fingerprint density at radius 1 is 1.42 bits per heavy atom. The molecule has 6 nitrogen and oxygen atoms in total. The molecule has 1 aliphatic rings. The lowest BCUT2D eigenvalue weighted by Gasteiger charge is -2.12. The number of halogens is 1. The molecule has 2 heterocycles. The number of nitrogens with one attached hydrogen (secondary N) is 1. The van der Waals surface area contributed by atoms with Crippen LogP contribution in [-0.4, -0.2) is 28.3 Å². The maximum Gasteiger partial charge on any atom is 0.341 e. The van der Waals surface area contributed by atoms with Gasteiger partial charge in [-0.05, 0) is 54.1 Å². The average molecular weight is 412 g/mol. The number of carbonyl (C=O) groups is 2. The molecule has 0 bridgehead atoms. The Morgan fingerprint density at radius 3 is 2.92 bits per heavy atom. The zero-order valence-corrected chi connectivity index (χ0v) is 15.7. The summed E-state index contributed by atoms with van der Waals surface area (Å²) in [7, 11) is 0. The van der Waals surface area contributed by atoms with Gasteiger partial charge in [0.05, 0.1) is 22.8 Å². The molecule has 8 heteroatoms. The van der Waals surface area contributed by atoms with Gasteiger partial charge in [0.2, 0.25) is 5.91 Å². The molecule has 24 heavy (non-hydrogen) atoms. The van der Waals surface area contributed by atoms with Crippen LogP contribution in [0.3, 0.4) is 0 Å². The standard InChI is InChI=1S/C16H18BrN3O3S/c1-2-23-16(22)14-11-5-3-4-6-12(11)24-15(14)19-13(21)9-20-8-10(17)7-18-20/h7-8H,2-6,9H2,1H3,(H,19,21). The molecule has 128 valence electrons. The molecule has 0 saturated carbocycles. The van der Waals surface area contributed by atoms with E-state index in [9.17, 15) is 9.59 Å². The van der Waals surface area contributed by atoms with Gasteiger partial charge >= 0.3 is 5.97 Å². The van der Waals surface area contributed by atoms with Crippen LogP contribution in [0.1, 0.15) is 40.6 Å². The van der Waals surface area contributed by atoms with Crippen molar-refractivity contribution in [3.63, 3.8) is 0 Å². The fourth-order valence-electron chi connectivity index (χ4n) is 2.81. The lowest BCUT2D eigenvalue weighted by Crippen LogP contribution is -2.20. The summed E-state index contributed by atoms with van der Waals surface area (Å²) in [6.07, 6.45) is 7.35. The highest BCUT2D eigenvalue weighted by molar-refractivity contribution is 9.10. The van der Waals surface area contributed by atoms with Crippen molar-refractivity contribution in [3.8, 4) is 0 Å². The number of rotatable bonds is 5. The van der Waals surface area contributed by atoms with Crippen LogP contribution in [0.4, 0.5) is 5.00 Å². The Labute approximate surface area is 152 Å². The number of hydrogen-bond donors (Lipinski definition) is 1. The SMILES string of the molecule is CCOC(=O)c1c(NC(=O)Cn2cc(Br)cn2)sc2c1CCCC2. The molecule has 0 spiro atoms. The molecule has 0 aromatic carbocycles. The summed E-state index contributed by atoms with van der Waals surface area (Å²) in [4.78, 5) is 25.8. The highest BCUT2D eigenvalue weighted by Gasteiger charge is 2.27. The van der Waals surface area contributed by atoms with Crippen LogP contribution in [0, 0.1) is 0 Å². The van der Waals surface area contributed by atoms with E-state index in [-0.39, 0.29) is 18.4 Å². The van der Waals surface area contributed by atoms with Crippen LogP contribution < -0.4 is 5.32 Å². The Kier molecular flexibility index (Phi) is 5.35. The van der Waals surface area contributed by atoms with Crippen LogP contribution in [0.25, 0.3) is 0 Å². The number of aromatic nitrogens is 2. The number of hydrogen-bond acceptors (Lipinski definition) is 5. The van der Waals surface area contributed by atoms with Crippen LogP contribution in [0.2, 0.25) is 0 Å². The monoisotopic (exact) mass is 411 g/mol. The van der Waals surface area contributed by atoms with Crippen molar-refractivity contribution in [3.05, 3.63) is 32.9 Å². The maximum atomic E-state index is 12.4. The third kappa shape index (κ3) is 3.70. The Balaban J connectivity index is 1.82. The first-order chi connectivity index (χ1) is 11.6. The summed E-state index contributed by atoms with van der Waals surface area (Å²) in [6, 6.07) is 0. The summed E-state index contributed by atoms with van der Waals surface area (Å²) in [6.45, 7) is 2.19. The molecule has 0 unspecified atom stereocenters. The fourth-order valence-corrected chi connectivity index (χ4v) is 4.43. The topological polar surface area (TPSA) is 73.2 Å². The number of amides is 1. The second kappa shape index (κ2) is 7.48. The van der Waals surface area contributed by atoms with E-state index in [1.165, 1.54) is 20.9 Å². The van der Waals surface area contributed by atoms with E-state index < -0.39 is 0 Å². The number of anilines is 1. The van der Waals surface area contributed by atoms with Gasteiger partial charge in [-0.1, -0.05) is 0 Å². The van der Waals surface area contributed by atoms with Crippen molar-refractivity contribution >= 4 is 44.1 Å². The number of aryl methyl sites for hydroxylation is 1. The van der Waals surface area contributed by atoms with E-state index in [2.05, 4.69) is 26.3 Å².